The Bertz CT molecular complexity index is 4240. The predicted octanol–water partition coefficient (Wildman–Crippen LogP) is 10.6. The van der Waals surface area contributed by atoms with Gasteiger partial charge in [0.25, 0.3) is 30.4 Å². The molecule has 25 nitrogen and oxygen atoms in total. The molecule has 2 aliphatic heterocycles. The van der Waals surface area contributed by atoms with Gasteiger partial charge in [-0.2, -0.15) is 29.8 Å². The van der Waals surface area contributed by atoms with Gasteiger partial charge in [-0.3, -0.25) is 37.6 Å². The number of carboxylic acids is 2. The molecule has 9 N–H and O–H groups in total. The molecule has 0 bridgehead atoms. The van der Waals surface area contributed by atoms with E-state index in [0.717, 1.165) is 69.9 Å². The highest BCUT2D eigenvalue weighted by Gasteiger charge is 2.44. The summed E-state index contributed by atoms with van der Waals surface area (Å²) in [6, 6.07) is 29.1. The van der Waals surface area contributed by atoms with E-state index in [1.54, 1.807) is 24.3 Å². The van der Waals surface area contributed by atoms with Crippen LogP contribution in [0.4, 0.5) is 16.2 Å². The third-order valence-electron chi connectivity index (χ3n) is 19.0. The van der Waals surface area contributed by atoms with Crippen molar-refractivity contribution in [2.45, 2.75) is 185 Å². The van der Waals surface area contributed by atoms with Crippen molar-refractivity contribution >= 4 is 88.8 Å². The Balaban J connectivity index is 1.00. The number of carbonyl (C=O) groups excluding carboxylic acids is 5. The number of carboxylic acid groups (broad SMARTS) is 2. The molecule has 1 aliphatic carbocycles. The van der Waals surface area contributed by atoms with Gasteiger partial charge in [-0.25, -0.2) is 9.59 Å². The topological polar surface area (TPSA) is 387 Å². The molecular formula is C76H99N6O19S3+. The Morgan fingerprint density at radius 3 is 1.88 bits per heavy atom. The van der Waals surface area contributed by atoms with E-state index in [1.165, 1.54) is 0 Å². The summed E-state index contributed by atoms with van der Waals surface area (Å²) in [6.45, 7) is 9.34. The zero-order valence-corrected chi connectivity index (χ0v) is 62.0. The van der Waals surface area contributed by atoms with E-state index < -0.39 is 94.7 Å². The zero-order chi connectivity index (χ0) is 75.8. The van der Waals surface area contributed by atoms with Crippen molar-refractivity contribution in [2.75, 3.05) is 41.9 Å². The molecule has 3 aliphatic rings. The molecule has 564 valence electrons. The summed E-state index contributed by atoms with van der Waals surface area (Å²) in [5.74, 6) is -6.07. The van der Waals surface area contributed by atoms with Gasteiger partial charge in [0.05, 0.1) is 28.9 Å². The molecule has 0 fully saturated rings. The van der Waals surface area contributed by atoms with Crippen LogP contribution in [0.1, 0.15) is 172 Å². The third-order valence-corrected chi connectivity index (χ3v) is 21.1. The highest BCUT2D eigenvalue weighted by Crippen LogP contribution is 2.48. The molecule has 3 atom stereocenters. The SMILES string of the molecule is CC1(C)C(=CC=C2CCCC(C=CC3=[N+](CCCCS(=O)(=O)O)c4ccccc4C3(C)C)=C2Oc2ccc(C[C@H](CC(=O)[C@H](Cc3ccccc3)NC(=O)CCCCCCCCC(=O)CC[C@H](NC(=O)NCCC(=O)NCS(=O)(=O)O)C(=O)O)C(=O)O)cc2)N(CCCCS(=O)(=O)O)c2ccccc21. The smallest absolute Gasteiger partial charge is 0.326 e. The minimum atomic E-state index is -4.43. The number of unbranched alkanes of at least 4 members (excludes halogenated alkanes) is 7. The van der Waals surface area contributed by atoms with Crippen molar-refractivity contribution in [3.8, 4) is 5.75 Å². The lowest BCUT2D eigenvalue weighted by Gasteiger charge is -2.27. The molecule has 0 unspecified atom stereocenters. The van der Waals surface area contributed by atoms with E-state index in [4.69, 9.17) is 9.29 Å². The maximum absolute atomic E-state index is 14.3. The number of fused-ring (bicyclic) bond motifs is 2. The normalized spacial score (nSPS) is 16.6. The highest BCUT2D eigenvalue weighted by molar-refractivity contribution is 7.86. The minimum absolute atomic E-state index is 0.00648. The van der Waals surface area contributed by atoms with Crippen molar-refractivity contribution in [3.05, 3.63) is 172 Å². The molecule has 28 heteroatoms. The van der Waals surface area contributed by atoms with Crippen LogP contribution in [0.5, 0.6) is 5.75 Å². The number of ether oxygens (including phenoxy) is 1. The van der Waals surface area contributed by atoms with Gasteiger partial charge in [-0.15, -0.1) is 0 Å². The van der Waals surface area contributed by atoms with Crippen LogP contribution in [0.15, 0.2) is 150 Å². The largest absolute Gasteiger partial charge is 0.481 e. The molecule has 0 saturated heterocycles. The van der Waals surface area contributed by atoms with E-state index in [0.29, 0.717) is 81.5 Å². The van der Waals surface area contributed by atoms with Crippen LogP contribution in [0.3, 0.4) is 0 Å². The van der Waals surface area contributed by atoms with Gasteiger partial charge >= 0.3 is 18.0 Å². The molecule has 104 heavy (non-hydrogen) atoms. The number of nitrogens with one attached hydrogen (secondary N) is 4. The molecule has 2 heterocycles. The first-order valence-corrected chi connectivity index (χ1v) is 40.2. The number of nitrogens with zero attached hydrogens (tertiary/aromatic N) is 2. The first kappa shape index (κ1) is 82.6. The predicted molar refractivity (Wildman–Crippen MR) is 395 cm³/mol. The number of ketones is 2. The number of hydrogen-bond acceptors (Lipinski definition) is 15. The van der Waals surface area contributed by atoms with Gasteiger partial charge in [0.1, 0.15) is 35.8 Å². The van der Waals surface area contributed by atoms with Gasteiger partial charge in [-0.1, -0.05) is 124 Å². The number of rotatable bonds is 43. The Kier molecular flexibility index (Phi) is 30.5. The second-order valence-corrected chi connectivity index (χ2v) is 32.4. The number of carbonyl (C=O) groups is 7. The van der Waals surface area contributed by atoms with Gasteiger partial charge in [0.15, 0.2) is 11.5 Å². The molecule has 0 aromatic heterocycles. The number of para-hydroxylation sites is 2. The van der Waals surface area contributed by atoms with Crippen molar-refractivity contribution < 1.29 is 92.0 Å². The number of anilines is 1. The van der Waals surface area contributed by atoms with Gasteiger partial charge < -0.3 is 41.1 Å². The van der Waals surface area contributed by atoms with E-state index in [9.17, 15) is 78.1 Å². The minimum Gasteiger partial charge on any atom is -0.481 e. The van der Waals surface area contributed by atoms with E-state index in [2.05, 4.69) is 89.6 Å². The second-order valence-electron chi connectivity index (χ2n) is 27.8. The summed E-state index contributed by atoms with van der Waals surface area (Å²) in [5, 5.41) is 29.6. The van der Waals surface area contributed by atoms with Crippen molar-refractivity contribution in [2.24, 2.45) is 5.92 Å². The zero-order valence-electron chi connectivity index (χ0n) is 59.5. The number of aliphatic carboxylic acids is 2. The van der Waals surface area contributed by atoms with E-state index >= 15 is 0 Å². The summed E-state index contributed by atoms with van der Waals surface area (Å²) in [7, 11) is -12.7. The number of amides is 4. The number of urea groups is 1. The first-order chi connectivity index (χ1) is 49.2. The van der Waals surface area contributed by atoms with E-state index in [-0.39, 0.29) is 93.9 Å². The molecular weight excluding hydrogens is 1400 g/mol. The third kappa shape index (κ3) is 25.9. The summed E-state index contributed by atoms with van der Waals surface area (Å²) < 4.78 is 105. The Labute approximate surface area is 610 Å². The van der Waals surface area contributed by atoms with Gasteiger partial charge in [0, 0.05) is 86.1 Å². The monoisotopic (exact) mass is 1500 g/mol. The summed E-state index contributed by atoms with van der Waals surface area (Å²) in [4.78, 5) is 91.4. The average Bonchev–Trinajstić information content (AvgIpc) is 1.60. The molecule has 4 aromatic carbocycles. The molecule has 4 aromatic rings. The molecule has 7 rings (SSSR count). The van der Waals surface area contributed by atoms with Crippen molar-refractivity contribution in [1.29, 1.82) is 0 Å². The fraction of sp³-hybridized carbons (Fsp3) is 0.474. The standard InChI is InChI=1S/C76H98N6O19S3/c1-75(2)60-28-14-16-30-64(60)81(45-18-20-47-102(92,93)94)67(75)41-35-55-25-22-26-56(36-42-68-76(3,4)61-29-15-17-31-65(61)82(68)46-19-21-48-103(95,96)97)71(55)101-59-38-33-54(34-39-59)49-57(72(87)88)51-66(84)63(50-53-23-10-9-11-24-53)79-70(86)32-13-8-6-5-7-12-27-58(83)37-40-62(73(89)90)80-74(91)77-44-43-69(85)78-52-104(98,99)100/h9-11,14-17,23-24,28-31,33-36,38-39,41-42,57,62-63H,5-8,12-13,18-22,25-27,32,37,40,43-52H2,1-4H3,(H8-,77,78,79,80,85,86,87,88,89,90,91,92,93,94,95,96,97,98,99,100)/p+1/t57-,62+,63+/m1/s1. The fourth-order valence-corrected chi connectivity index (χ4v) is 14.9. The van der Waals surface area contributed by atoms with Crippen LogP contribution in [0, 0.1) is 5.92 Å². The number of benzene rings is 4. The summed E-state index contributed by atoms with van der Waals surface area (Å²) >= 11 is 0. The lowest BCUT2D eigenvalue weighted by Crippen LogP contribution is -2.46. The number of allylic oxidation sites excluding steroid dienone is 7. The van der Waals surface area contributed by atoms with Gasteiger partial charge in [0.2, 0.25) is 17.5 Å². The lowest BCUT2D eigenvalue weighted by molar-refractivity contribution is -0.438. The van der Waals surface area contributed by atoms with Crippen LogP contribution in [0.2, 0.25) is 0 Å². The van der Waals surface area contributed by atoms with Gasteiger partial charge in [-0.05, 0) is 143 Å². The maximum atomic E-state index is 14.3. The second kappa shape index (κ2) is 38.4. The molecule has 0 radical (unpaired) electrons. The van der Waals surface area contributed by atoms with E-state index in [1.807, 2.05) is 72.0 Å². The van der Waals surface area contributed by atoms with Crippen LogP contribution < -0.4 is 30.9 Å². The van der Waals surface area contributed by atoms with Crippen LogP contribution in [0.25, 0.3) is 0 Å². The number of Topliss-reactive ketones (excluding diaryl/α,β-unsaturated/α-hetero) is 2. The summed E-state index contributed by atoms with van der Waals surface area (Å²) in [6.07, 6.45) is 15.4. The Morgan fingerprint density at radius 1 is 0.587 bits per heavy atom. The highest BCUT2D eigenvalue weighted by atomic mass is 32.2. The maximum Gasteiger partial charge on any atom is 0.326 e. The number of hydrogen-bond donors (Lipinski definition) is 9. The van der Waals surface area contributed by atoms with Crippen molar-refractivity contribution in [3.63, 3.8) is 0 Å². The average molecular weight is 1500 g/mol. The quantitative estimate of drug-likeness (QED) is 0.0113. The summed E-state index contributed by atoms with van der Waals surface area (Å²) in [5.41, 5.74) is 8.52. The molecule has 0 spiro atoms. The van der Waals surface area contributed by atoms with Crippen LogP contribution >= 0.6 is 0 Å². The van der Waals surface area contributed by atoms with Crippen molar-refractivity contribution in [1.82, 2.24) is 21.3 Å². The van der Waals surface area contributed by atoms with Crippen LogP contribution in [-0.4, -0.2) is 150 Å². The first-order valence-electron chi connectivity index (χ1n) is 35.4. The van der Waals surface area contributed by atoms with Crippen LogP contribution in [-0.2, 0) is 82.8 Å². The molecule has 0 saturated carbocycles. The Morgan fingerprint density at radius 2 is 1.21 bits per heavy atom. The molecule has 4 amide bonds. The fourth-order valence-electron chi connectivity index (χ4n) is 13.4. The lowest BCUT2D eigenvalue weighted by atomic mass is 9.81. The Hall–Kier alpha value is -8.67.